The second kappa shape index (κ2) is 7.06. The predicted molar refractivity (Wildman–Crippen MR) is 89.7 cm³/mol. The number of hydrogen-bond donors (Lipinski definition) is 1. The molecule has 5 heteroatoms. The monoisotopic (exact) mass is 313 g/mol. The first kappa shape index (κ1) is 15.9. The molecule has 2 atom stereocenters. The van der Waals surface area contributed by atoms with E-state index in [2.05, 4.69) is 34.1 Å². The van der Waals surface area contributed by atoms with E-state index in [1.54, 1.807) is 7.11 Å². The number of piperidine rings is 1. The van der Waals surface area contributed by atoms with Gasteiger partial charge in [0.2, 0.25) is 5.91 Å². The SMILES string of the molecule is CO[C@@H]1CCN(Cc2ccc3ncccc3c2)C[C@H]1CC(N)=O. The molecule has 1 fully saturated rings. The van der Waals surface area contributed by atoms with Crippen molar-refractivity contribution in [2.45, 2.75) is 25.5 Å². The van der Waals surface area contributed by atoms with Crippen molar-refractivity contribution in [3.8, 4) is 0 Å². The van der Waals surface area contributed by atoms with Crippen molar-refractivity contribution >= 4 is 16.8 Å². The first-order chi connectivity index (χ1) is 11.2. The molecule has 1 amide bonds. The predicted octanol–water partition coefficient (Wildman–Crippen LogP) is 1.95. The molecule has 0 aliphatic carbocycles. The number of carbonyl (C=O) groups is 1. The highest BCUT2D eigenvalue weighted by atomic mass is 16.5. The topological polar surface area (TPSA) is 68.4 Å². The van der Waals surface area contributed by atoms with E-state index in [1.165, 1.54) is 5.56 Å². The molecule has 0 saturated carbocycles. The Morgan fingerprint density at radius 1 is 1.43 bits per heavy atom. The maximum absolute atomic E-state index is 11.3. The molecule has 1 saturated heterocycles. The summed E-state index contributed by atoms with van der Waals surface area (Å²) in [5.74, 6) is -0.0796. The van der Waals surface area contributed by atoms with E-state index < -0.39 is 0 Å². The van der Waals surface area contributed by atoms with Crippen LogP contribution in [-0.4, -0.2) is 42.1 Å². The third kappa shape index (κ3) is 3.86. The Labute approximate surface area is 136 Å². The van der Waals surface area contributed by atoms with Gasteiger partial charge in [-0.3, -0.25) is 14.7 Å². The maximum atomic E-state index is 11.3. The number of benzene rings is 1. The van der Waals surface area contributed by atoms with Crippen molar-refractivity contribution < 1.29 is 9.53 Å². The molecule has 23 heavy (non-hydrogen) atoms. The first-order valence-electron chi connectivity index (χ1n) is 8.03. The van der Waals surface area contributed by atoms with Gasteiger partial charge in [0.15, 0.2) is 0 Å². The number of likely N-dealkylation sites (tertiary alicyclic amines) is 1. The van der Waals surface area contributed by atoms with Crippen LogP contribution in [0.15, 0.2) is 36.5 Å². The lowest BCUT2D eigenvalue weighted by molar-refractivity contribution is -0.121. The van der Waals surface area contributed by atoms with Crippen molar-refractivity contribution in [1.82, 2.24) is 9.88 Å². The van der Waals surface area contributed by atoms with Crippen LogP contribution < -0.4 is 5.73 Å². The fourth-order valence-electron chi connectivity index (χ4n) is 3.48. The molecule has 5 nitrogen and oxygen atoms in total. The Morgan fingerprint density at radius 2 is 2.30 bits per heavy atom. The summed E-state index contributed by atoms with van der Waals surface area (Å²) in [4.78, 5) is 18.0. The van der Waals surface area contributed by atoms with Crippen molar-refractivity contribution in [2.75, 3.05) is 20.2 Å². The van der Waals surface area contributed by atoms with Crippen LogP contribution in [-0.2, 0) is 16.1 Å². The Morgan fingerprint density at radius 3 is 3.09 bits per heavy atom. The number of amides is 1. The van der Waals surface area contributed by atoms with Gasteiger partial charge in [0, 0.05) is 50.7 Å². The summed E-state index contributed by atoms with van der Waals surface area (Å²) in [7, 11) is 1.71. The van der Waals surface area contributed by atoms with E-state index in [1.807, 2.05) is 12.3 Å². The molecule has 1 aromatic heterocycles. The molecule has 1 aliphatic rings. The van der Waals surface area contributed by atoms with Gasteiger partial charge in [-0.2, -0.15) is 0 Å². The summed E-state index contributed by atoms with van der Waals surface area (Å²) >= 11 is 0. The highest BCUT2D eigenvalue weighted by Gasteiger charge is 2.30. The van der Waals surface area contributed by atoms with E-state index in [9.17, 15) is 4.79 Å². The van der Waals surface area contributed by atoms with Crippen LogP contribution in [0.3, 0.4) is 0 Å². The summed E-state index contributed by atoms with van der Waals surface area (Å²) < 4.78 is 5.52. The standard InChI is InChI=1S/C18H23N3O2/c1-23-17-6-8-21(12-15(17)10-18(19)22)11-13-4-5-16-14(9-13)3-2-7-20-16/h2-5,7,9,15,17H,6,8,10-12H2,1H3,(H2,19,22)/t15-,17-/m1/s1. The molecule has 1 aliphatic heterocycles. The van der Waals surface area contributed by atoms with Gasteiger partial charge in [-0.15, -0.1) is 0 Å². The van der Waals surface area contributed by atoms with Gasteiger partial charge in [-0.25, -0.2) is 0 Å². The van der Waals surface area contributed by atoms with E-state index in [0.29, 0.717) is 6.42 Å². The van der Waals surface area contributed by atoms with Crippen LogP contribution in [0.25, 0.3) is 10.9 Å². The van der Waals surface area contributed by atoms with Crippen LogP contribution in [0.2, 0.25) is 0 Å². The number of fused-ring (bicyclic) bond motifs is 1. The lowest BCUT2D eigenvalue weighted by Gasteiger charge is -2.37. The summed E-state index contributed by atoms with van der Waals surface area (Å²) in [6.07, 6.45) is 3.26. The average molecular weight is 313 g/mol. The summed E-state index contributed by atoms with van der Waals surface area (Å²) in [6, 6.07) is 10.4. The molecule has 2 N–H and O–H groups in total. The zero-order chi connectivity index (χ0) is 16.2. The summed E-state index contributed by atoms with van der Waals surface area (Å²) in [6.45, 7) is 2.68. The Kier molecular flexibility index (Phi) is 4.88. The lowest BCUT2D eigenvalue weighted by Crippen LogP contribution is -2.44. The minimum atomic E-state index is -0.254. The normalized spacial score (nSPS) is 22.3. The molecule has 2 aromatic rings. The van der Waals surface area contributed by atoms with Crippen LogP contribution in [0.1, 0.15) is 18.4 Å². The minimum absolute atomic E-state index is 0.125. The largest absolute Gasteiger partial charge is 0.381 e. The highest BCUT2D eigenvalue weighted by Crippen LogP contribution is 2.24. The van der Waals surface area contributed by atoms with Crippen molar-refractivity contribution in [3.05, 3.63) is 42.1 Å². The number of carbonyl (C=O) groups excluding carboxylic acids is 1. The molecule has 0 radical (unpaired) electrons. The van der Waals surface area contributed by atoms with E-state index in [-0.39, 0.29) is 17.9 Å². The highest BCUT2D eigenvalue weighted by molar-refractivity contribution is 5.78. The third-order valence-electron chi connectivity index (χ3n) is 4.59. The first-order valence-corrected chi connectivity index (χ1v) is 8.03. The molecule has 0 spiro atoms. The molecular formula is C18H23N3O2. The van der Waals surface area contributed by atoms with Crippen LogP contribution in [0.5, 0.6) is 0 Å². The number of primary amides is 1. The second-order valence-corrected chi connectivity index (χ2v) is 6.26. The number of ether oxygens (including phenoxy) is 1. The van der Waals surface area contributed by atoms with Crippen LogP contribution in [0, 0.1) is 5.92 Å². The van der Waals surface area contributed by atoms with Gasteiger partial charge < -0.3 is 10.5 Å². The molecule has 3 rings (SSSR count). The molecular weight excluding hydrogens is 290 g/mol. The zero-order valence-electron chi connectivity index (χ0n) is 13.4. The number of nitrogens with zero attached hydrogens (tertiary/aromatic N) is 2. The summed E-state index contributed by atoms with van der Waals surface area (Å²) in [5.41, 5.74) is 7.66. The fraction of sp³-hybridized carbons (Fsp3) is 0.444. The van der Waals surface area contributed by atoms with Crippen LogP contribution in [0.4, 0.5) is 0 Å². The van der Waals surface area contributed by atoms with Gasteiger partial charge in [0.05, 0.1) is 11.6 Å². The Hall–Kier alpha value is -1.98. The van der Waals surface area contributed by atoms with Gasteiger partial charge in [0.25, 0.3) is 0 Å². The van der Waals surface area contributed by atoms with Crippen molar-refractivity contribution in [2.24, 2.45) is 11.7 Å². The number of nitrogens with two attached hydrogens (primary N) is 1. The van der Waals surface area contributed by atoms with E-state index in [4.69, 9.17) is 10.5 Å². The van der Waals surface area contributed by atoms with Gasteiger partial charge in [-0.1, -0.05) is 12.1 Å². The molecule has 122 valence electrons. The molecule has 1 aromatic carbocycles. The number of aromatic nitrogens is 1. The van der Waals surface area contributed by atoms with Gasteiger partial charge in [0.1, 0.15) is 0 Å². The summed E-state index contributed by atoms with van der Waals surface area (Å²) in [5, 5.41) is 1.16. The second-order valence-electron chi connectivity index (χ2n) is 6.26. The van der Waals surface area contributed by atoms with Crippen molar-refractivity contribution in [3.63, 3.8) is 0 Å². The van der Waals surface area contributed by atoms with Gasteiger partial charge >= 0.3 is 0 Å². The molecule has 0 bridgehead atoms. The quantitative estimate of drug-likeness (QED) is 0.916. The Bertz CT molecular complexity index is 689. The average Bonchev–Trinajstić information content (AvgIpc) is 2.54. The minimum Gasteiger partial charge on any atom is -0.381 e. The fourth-order valence-corrected chi connectivity index (χ4v) is 3.48. The van der Waals surface area contributed by atoms with E-state index in [0.717, 1.165) is 37.0 Å². The number of rotatable bonds is 5. The number of pyridine rings is 1. The third-order valence-corrected chi connectivity index (χ3v) is 4.59. The van der Waals surface area contributed by atoms with Crippen LogP contribution >= 0.6 is 0 Å². The van der Waals surface area contributed by atoms with E-state index >= 15 is 0 Å². The maximum Gasteiger partial charge on any atom is 0.217 e. The lowest BCUT2D eigenvalue weighted by atomic mass is 9.91. The molecule has 0 unspecified atom stereocenters. The molecule has 2 heterocycles. The number of methoxy groups -OCH3 is 1. The Balaban J connectivity index is 1.70. The van der Waals surface area contributed by atoms with Crippen molar-refractivity contribution in [1.29, 1.82) is 0 Å². The smallest absolute Gasteiger partial charge is 0.217 e. The van der Waals surface area contributed by atoms with Gasteiger partial charge in [-0.05, 0) is 30.2 Å². The zero-order valence-corrected chi connectivity index (χ0v) is 13.4. The number of hydrogen-bond acceptors (Lipinski definition) is 4.